The number of para-hydroxylation sites is 3. The molecular formula is C46H25N3O2. The maximum atomic E-state index is 9.68. The highest BCUT2D eigenvalue weighted by atomic mass is 16.3. The highest BCUT2D eigenvalue weighted by Gasteiger charge is 2.20. The molecule has 0 fully saturated rings. The van der Waals surface area contributed by atoms with Crippen LogP contribution in [0.25, 0.3) is 105 Å². The molecule has 0 saturated carbocycles. The minimum absolute atomic E-state index is 0.641. The monoisotopic (exact) mass is 651 g/mol. The van der Waals surface area contributed by atoms with Gasteiger partial charge in [-0.1, -0.05) is 97.1 Å². The Hall–Kier alpha value is -7.16. The molecule has 0 aliphatic heterocycles. The second-order valence-corrected chi connectivity index (χ2v) is 13.1. The van der Waals surface area contributed by atoms with Gasteiger partial charge in [0.05, 0.1) is 39.3 Å². The Morgan fingerprint density at radius 3 is 1.96 bits per heavy atom. The van der Waals surface area contributed by atoms with Crippen molar-refractivity contribution >= 4 is 76.6 Å². The van der Waals surface area contributed by atoms with Crippen molar-refractivity contribution < 1.29 is 8.83 Å². The molecule has 11 rings (SSSR count). The Morgan fingerprint density at radius 2 is 1.16 bits per heavy atom. The zero-order valence-corrected chi connectivity index (χ0v) is 27.1. The average Bonchev–Trinajstić information content (AvgIpc) is 3.86. The van der Waals surface area contributed by atoms with Crippen LogP contribution >= 0.6 is 0 Å². The smallest absolute Gasteiger partial charge is 0.147 e. The van der Waals surface area contributed by atoms with Gasteiger partial charge in [-0.2, -0.15) is 5.26 Å². The van der Waals surface area contributed by atoms with Crippen LogP contribution in [0.5, 0.6) is 0 Å². The van der Waals surface area contributed by atoms with Crippen LogP contribution in [-0.4, -0.2) is 9.55 Å². The molecule has 0 amide bonds. The predicted molar refractivity (Wildman–Crippen MR) is 206 cm³/mol. The maximum Gasteiger partial charge on any atom is 0.147 e. The van der Waals surface area contributed by atoms with E-state index >= 15 is 0 Å². The van der Waals surface area contributed by atoms with Crippen molar-refractivity contribution in [2.75, 3.05) is 0 Å². The molecule has 5 heteroatoms. The molecule has 51 heavy (non-hydrogen) atoms. The minimum atomic E-state index is 0.641. The quantitative estimate of drug-likeness (QED) is 0.191. The summed E-state index contributed by atoms with van der Waals surface area (Å²) in [5.74, 6) is 0. The number of benzene rings is 7. The van der Waals surface area contributed by atoms with E-state index in [1.165, 1.54) is 0 Å². The predicted octanol–water partition coefficient (Wildman–Crippen LogP) is 12.3. The minimum Gasteiger partial charge on any atom is -0.456 e. The molecule has 0 radical (unpaired) electrons. The molecule has 4 heterocycles. The van der Waals surface area contributed by atoms with Gasteiger partial charge in [-0.25, -0.2) is 4.98 Å². The number of rotatable bonds is 3. The molecule has 7 aromatic carbocycles. The SMILES string of the molecule is N#Cc1ccc2c3ccc(-c4ccc(-c5nc6cc7c(cc6c6oc8ccccc8c56)oc5ccccc57)cc4)cc3n(-c3ccccc3)c2c1. The molecule has 0 bridgehead atoms. The lowest BCUT2D eigenvalue weighted by molar-refractivity contribution is 0.666. The zero-order valence-electron chi connectivity index (χ0n) is 27.1. The van der Waals surface area contributed by atoms with Crippen molar-refractivity contribution in [1.29, 1.82) is 5.26 Å². The number of hydrogen-bond donors (Lipinski definition) is 0. The number of nitriles is 1. The van der Waals surface area contributed by atoms with Gasteiger partial charge in [0.15, 0.2) is 0 Å². The van der Waals surface area contributed by atoms with Crippen molar-refractivity contribution in [1.82, 2.24) is 9.55 Å². The number of fused-ring (bicyclic) bond motifs is 11. The summed E-state index contributed by atoms with van der Waals surface area (Å²) in [6, 6.07) is 54.3. The first-order valence-electron chi connectivity index (χ1n) is 16.9. The van der Waals surface area contributed by atoms with Gasteiger partial charge in [0.2, 0.25) is 0 Å². The molecule has 0 spiro atoms. The number of pyridine rings is 1. The van der Waals surface area contributed by atoms with E-state index in [1.54, 1.807) is 0 Å². The second-order valence-electron chi connectivity index (χ2n) is 13.1. The van der Waals surface area contributed by atoms with E-state index in [1.807, 2.05) is 66.7 Å². The molecule has 5 nitrogen and oxygen atoms in total. The van der Waals surface area contributed by atoms with Crippen molar-refractivity contribution in [2.45, 2.75) is 0 Å². The molecular weight excluding hydrogens is 627 g/mol. The van der Waals surface area contributed by atoms with Crippen LogP contribution in [0, 0.1) is 11.3 Å². The van der Waals surface area contributed by atoms with Crippen LogP contribution in [0.3, 0.4) is 0 Å². The van der Waals surface area contributed by atoms with Gasteiger partial charge in [0.25, 0.3) is 0 Å². The lowest BCUT2D eigenvalue weighted by atomic mass is 9.98. The molecule has 0 aliphatic carbocycles. The fourth-order valence-electron chi connectivity index (χ4n) is 7.83. The third-order valence-electron chi connectivity index (χ3n) is 10.2. The normalized spacial score (nSPS) is 11.9. The third kappa shape index (κ3) is 4.05. The van der Waals surface area contributed by atoms with E-state index in [0.29, 0.717) is 5.56 Å². The van der Waals surface area contributed by atoms with Crippen LogP contribution in [0.1, 0.15) is 5.56 Å². The van der Waals surface area contributed by atoms with E-state index in [9.17, 15) is 5.26 Å². The largest absolute Gasteiger partial charge is 0.456 e. The van der Waals surface area contributed by atoms with E-state index in [4.69, 9.17) is 13.8 Å². The Labute approximate surface area is 290 Å². The Balaban J connectivity index is 1.10. The molecule has 236 valence electrons. The number of hydrogen-bond acceptors (Lipinski definition) is 4. The van der Waals surface area contributed by atoms with Crippen molar-refractivity contribution in [3.8, 4) is 34.1 Å². The Morgan fingerprint density at radius 1 is 0.490 bits per heavy atom. The van der Waals surface area contributed by atoms with Gasteiger partial charge in [0.1, 0.15) is 22.3 Å². The summed E-state index contributed by atoms with van der Waals surface area (Å²) < 4.78 is 15.1. The zero-order chi connectivity index (χ0) is 33.6. The van der Waals surface area contributed by atoms with Crippen LogP contribution < -0.4 is 0 Å². The van der Waals surface area contributed by atoms with Gasteiger partial charge in [-0.15, -0.1) is 0 Å². The fraction of sp³-hybridized carbons (Fsp3) is 0. The highest BCUT2D eigenvalue weighted by Crippen LogP contribution is 2.42. The standard InChI is InChI=1S/C46H25N3O2/c47-26-27-14-20-32-33-21-19-30(23-40(33)49(39(32)22-27)31-8-2-1-3-9-31)28-15-17-29(18-16-28)45-44-35-11-5-7-13-42(35)51-46(44)37-25-43-36(24-38(37)48-45)34-10-4-6-12-41(34)50-43/h1-25H. The molecule has 0 saturated heterocycles. The summed E-state index contributed by atoms with van der Waals surface area (Å²) in [6.07, 6.45) is 0. The number of furan rings is 2. The summed E-state index contributed by atoms with van der Waals surface area (Å²) in [7, 11) is 0. The highest BCUT2D eigenvalue weighted by molar-refractivity contribution is 6.22. The first-order chi connectivity index (χ1) is 25.2. The van der Waals surface area contributed by atoms with E-state index < -0.39 is 0 Å². The van der Waals surface area contributed by atoms with Gasteiger partial charge in [0, 0.05) is 43.6 Å². The lowest BCUT2D eigenvalue weighted by Crippen LogP contribution is -1.93. The summed E-state index contributed by atoms with van der Waals surface area (Å²) in [5, 5.41) is 17.0. The maximum absolute atomic E-state index is 9.68. The van der Waals surface area contributed by atoms with E-state index in [2.05, 4.69) is 95.6 Å². The third-order valence-corrected chi connectivity index (χ3v) is 10.2. The number of nitrogens with zero attached hydrogens (tertiary/aromatic N) is 3. The summed E-state index contributed by atoms with van der Waals surface area (Å²) in [5.41, 5.74) is 12.1. The molecule has 0 N–H and O–H groups in total. The summed E-state index contributed by atoms with van der Waals surface area (Å²) in [4.78, 5) is 5.33. The Bertz CT molecular complexity index is 3250. The fourth-order valence-corrected chi connectivity index (χ4v) is 7.83. The first kappa shape index (κ1) is 27.8. The molecule has 11 aromatic rings. The molecule has 0 aliphatic rings. The van der Waals surface area contributed by atoms with Crippen LogP contribution in [0.2, 0.25) is 0 Å². The average molecular weight is 652 g/mol. The van der Waals surface area contributed by atoms with Crippen LogP contribution in [-0.2, 0) is 0 Å². The van der Waals surface area contributed by atoms with Crippen LogP contribution in [0.4, 0.5) is 0 Å². The molecule has 4 aromatic heterocycles. The van der Waals surface area contributed by atoms with Gasteiger partial charge >= 0.3 is 0 Å². The van der Waals surface area contributed by atoms with Gasteiger partial charge < -0.3 is 13.4 Å². The number of aromatic nitrogens is 2. The van der Waals surface area contributed by atoms with Crippen LogP contribution in [0.15, 0.2) is 160 Å². The van der Waals surface area contributed by atoms with E-state index in [0.717, 1.165) is 105 Å². The topological polar surface area (TPSA) is 67.9 Å². The second kappa shape index (κ2) is 10.4. The first-order valence-corrected chi connectivity index (χ1v) is 16.9. The molecule has 0 atom stereocenters. The van der Waals surface area contributed by atoms with E-state index in [-0.39, 0.29) is 0 Å². The van der Waals surface area contributed by atoms with Gasteiger partial charge in [-0.05, 0) is 65.7 Å². The molecule has 0 unspecified atom stereocenters. The summed E-state index contributed by atoms with van der Waals surface area (Å²) in [6.45, 7) is 0. The van der Waals surface area contributed by atoms with Gasteiger partial charge in [-0.3, -0.25) is 0 Å². The summed E-state index contributed by atoms with van der Waals surface area (Å²) >= 11 is 0. The van der Waals surface area contributed by atoms with Crippen molar-refractivity contribution in [2.24, 2.45) is 0 Å². The Kier molecular flexibility index (Phi) is 5.67. The lowest BCUT2D eigenvalue weighted by Gasteiger charge is -2.10. The van der Waals surface area contributed by atoms with Crippen molar-refractivity contribution in [3.63, 3.8) is 0 Å². The van der Waals surface area contributed by atoms with Crippen molar-refractivity contribution in [3.05, 3.63) is 157 Å².